The van der Waals surface area contributed by atoms with Crippen LogP contribution in [-0.2, 0) is 16.7 Å². The Morgan fingerprint density at radius 3 is 1.93 bits per heavy atom. The van der Waals surface area contributed by atoms with Gasteiger partial charge >= 0.3 is 0 Å². The maximum Gasteiger partial charge on any atom is 0.295 e. The Morgan fingerprint density at radius 2 is 1.39 bits per heavy atom. The summed E-state index contributed by atoms with van der Waals surface area (Å²) in [6, 6.07) is 29.4. The first-order valence-corrected chi connectivity index (χ1v) is 13.9. The molecule has 0 aliphatic heterocycles. The molecule has 4 aromatic carbocycles. The SMILES string of the molecule is Cc1nn(Cc2ccccc2F)c(C)[n+]1N.O=S(=O)(O)c1ccc(N=Nc2ccc(Nc3ccccc3)cc2)cc1. The zero-order chi connectivity index (χ0) is 29.4. The minimum absolute atomic E-state index is 0.178. The largest absolute Gasteiger partial charge is 0.356 e. The van der Waals surface area contributed by atoms with Crippen LogP contribution in [0.25, 0.3) is 0 Å². The first kappa shape index (κ1) is 29.1. The Bertz CT molecular complexity index is 1740. The van der Waals surface area contributed by atoms with Crippen molar-refractivity contribution in [2.45, 2.75) is 25.3 Å². The molecule has 0 bridgehead atoms. The second-order valence-corrected chi connectivity index (χ2v) is 10.3. The van der Waals surface area contributed by atoms with Crippen LogP contribution in [0.3, 0.4) is 0 Å². The maximum absolute atomic E-state index is 13.4. The number of hydrogen-bond acceptors (Lipinski definition) is 7. The number of anilines is 2. The van der Waals surface area contributed by atoms with Crippen LogP contribution in [-0.4, -0.2) is 22.8 Å². The highest BCUT2D eigenvalue weighted by atomic mass is 32.2. The van der Waals surface area contributed by atoms with E-state index in [0.717, 1.165) is 17.2 Å². The van der Waals surface area contributed by atoms with E-state index in [1.54, 1.807) is 22.9 Å². The highest BCUT2D eigenvalue weighted by Gasteiger charge is 2.18. The number of para-hydroxylation sites is 1. The molecule has 0 aliphatic rings. The summed E-state index contributed by atoms with van der Waals surface area (Å²) in [4.78, 5) is -0.178. The van der Waals surface area contributed by atoms with Gasteiger partial charge in [-0.3, -0.25) is 10.4 Å². The number of hydrogen-bond donors (Lipinski definition) is 3. The molecule has 41 heavy (non-hydrogen) atoms. The zero-order valence-corrected chi connectivity index (χ0v) is 23.2. The molecule has 12 heteroatoms. The second kappa shape index (κ2) is 12.9. The molecule has 1 heterocycles. The van der Waals surface area contributed by atoms with Gasteiger partial charge in [0, 0.05) is 35.9 Å². The third-order valence-electron chi connectivity index (χ3n) is 5.96. The number of nitrogens with one attached hydrogen (secondary N) is 1. The molecular weight excluding hydrogens is 545 g/mol. The lowest BCUT2D eigenvalue weighted by Gasteiger charge is -2.05. The Hall–Kier alpha value is -4.94. The Morgan fingerprint density at radius 1 is 0.854 bits per heavy atom. The van der Waals surface area contributed by atoms with Crippen LogP contribution in [0.4, 0.5) is 27.1 Å². The molecule has 1 aromatic heterocycles. The van der Waals surface area contributed by atoms with Gasteiger partial charge in [0.15, 0.2) is 0 Å². The van der Waals surface area contributed by atoms with Crippen LogP contribution in [0.1, 0.15) is 17.2 Å². The molecule has 0 radical (unpaired) electrons. The highest BCUT2D eigenvalue weighted by molar-refractivity contribution is 7.85. The van der Waals surface area contributed by atoms with Crippen molar-refractivity contribution in [2.75, 3.05) is 11.2 Å². The molecule has 0 spiro atoms. The molecule has 210 valence electrons. The first-order chi connectivity index (χ1) is 19.6. The fourth-order valence-corrected chi connectivity index (χ4v) is 4.17. The average Bonchev–Trinajstić information content (AvgIpc) is 3.21. The lowest BCUT2D eigenvalue weighted by Crippen LogP contribution is -2.48. The summed E-state index contributed by atoms with van der Waals surface area (Å²) < 4.78 is 47.5. The van der Waals surface area contributed by atoms with Crippen molar-refractivity contribution in [1.82, 2.24) is 9.78 Å². The standard InChI is InChI=1S/C18H15N3O3S.C11H14FN4/c22-25(23,24)18-12-10-17(11-13-18)21-20-16-8-6-15(7-9-16)19-14-4-2-1-3-5-14;1-8-14-15(9(2)16(8)13)7-10-5-3-4-6-11(10)12/h1-13,19H,(H,22,23,24);3-6H,7,13H2,1-2H3/q;+1. The Balaban J connectivity index is 0.000000208. The highest BCUT2D eigenvalue weighted by Crippen LogP contribution is 2.23. The van der Waals surface area contributed by atoms with Crippen LogP contribution < -0.4 is 15.8 Å². The minimum atomic E-state index is -4.20. The zero-order valence-electron chi connectivity index (χ0n) is 22.4. The quantitative estimate of drug-likeness (QED) is 0.0975. The summed E-state index contributed by atoms with van der Waals surface area (Å²) in [5.74, 6) is 7.01. The van der Waals surface area contributed by atoms with E-state index >= 15 is 0 Å². The van der Waals surface area contributed by atoms with Gasteiger partial charge in [-0.1, -0.05) is 36.4 Å². The Labute approximate surface area is 237 Å². The molecule has 10 nitrogen and oxygen atoms in total. The number of nitrogens with zero attached hydrogens (tertiary/aromatic N) is 5. The van der Waals surface area contributed by atoms with Crippen LogP contribution >= 0.6 is 0 Å². The fourth-order valence-electron chi connectivity index (χ4n) is 3.69. The molecule has 0 aliphatic carbocycles. The lowest BCUT2D eigenvalue weighted by atomic mass is 10.2. The van der Waals surface area contributed by atoms with E-state index in [0.29, 0.717) is 29.3 Å². The predicted octanol–water partition coefficient (Wildman–Crippen LogP) is 5.78. The molecule has 0 saturated carbocycles. The average molecular weight is 575 g/mol. The number of rotatable bonds is 7. The molecule has 0 fully saturated rings. The summed E-state index contributed by atoms with van der Waals surface area (Å²) in [7, 11) is -4.20. The monoisotopic (exact) mass is 574 g/mol. The van der Waals surface area contributed by atoms with E-state index in [1.807, 2.05) is 68.4 Å². The molecule has 0 amide bonds. The summed E-state index contributed by atoms with van der Waals surface area (Å²) in [6.45, 7) is 4.05. The van der Waals surface area contributed by atoms with Gasteiger partial charge < -0.3 is 5.32 Å². The summed E-state index contributed by atoms with van der Waals surface area (Å²) in [5, 5.41) is 15.6. The summed E-state index contributed by atoms with van der Waals surface area (Å²) in [5.41, 5.74) is 3.68. The van der Waals surface area contributed by atoms with Crippen molar-refractivity contribution < 1.29 is 22.0 Å². The Kier molecular flexibility index (Phi) is 9.17. The van der Waals surface area contributed by atoms with Crippen LogP contribution in [0.15, 0.2) is 118 Å². The van der Waals surface area contributed by atoms with Crippen molar-refractivity contribution in [3.8, 4) is 0 Å². The van der Waals surface area contributed by atoms with Crippen LogP contribution in [0.5, 0.6) is 0 Å². The van der Waals surface area contributed by atoms with Gasteiger partial charge in [-0.2, -0.15) is 18.6 Å². The summed E-state index contributed by atoms with van der Waals surface area (Å²) >= 11 is 0. The van der Waals surface area contributed by atoms with Crippen molar-refractivity contribution in [2.24, 2.45) is 10.2 Å². The summed E-state index contributed by atoms with van der Waals surface area (Å²) in [6.07, 6.45) is 0. The topological polar surface area (TPSA) is 139 Å². The van der Waals surface area contributed by atoms with Gasteiger partial charge in [0.05, 0.1) is 16.3 Å². The van der Waals surface area contributed by atoms with Crippen molar-refractivity contribution in [1.29, 1.82) is 0 Å². The molecule has 5 aromatic rings. The molecule has 0 atom stereocenters. The molecular formula is C29H29FN7O3S+. The van der Waals surface area contributed by atoms with Gasteiger partial charge in [-0.15, -0.1) is 9.36 Å². The van der Waals surface area contributed by atoms with Crippen LogP contribution in [0.2, 0.25) is 0 Å². The maximum atomic E-state index is 13.4. The van der Waals surface area contributed by atoms with E-state index in [4.69, 9.17) is 10.4 Å². The third-order valence-corrected chi connectivity index (χ3v) is 6.83. The van der Waals surface area contributed by atoms with E-state index in [-0.39, 0.29) is 10.7 Å². The first-order valence-electron chi connectivity index (χ1n) is 12.5. The number of benzene rings is 4. The van der Waals surface area contributed by atoms with E-state index in [2.05, 4.69) is 20.6 Å². The van der Waals surface area contributed by atoms with Crippen molar-refractivity contribution in [3.63, 3.8) is 0 Å². The minimum Gasteiger partial charge on any atom is -0.356 e. The van der Waals surface area contributed by atoms with Gasteiger partial charge in [-0.25, -0.2) is 4.39 Å². The smallest absolute Gasteiger partial charge is 0.295 e. The van der Waals surface area contributed by atoms with Crippen molar-refractivity contribution in [3.05, 3.63) is 126 Å². The van der Waals surface area contributed by atoms with Crippen molar-refractivity contribution >= 4 is 32.9 Å². The lowest BCUT2D eigenvalue weighted by molar-refractivity contribution is -0.652. The number of azo groups is 1. The third kappa shape index (κ3) is 8.03. The number of halogens is 1. The van der Waals surface area contributed by atoms with Gasteiger partial charge in [0.2, 0.25) is 0 Å². The number of aromatic nitrogens is 3. The number of nitrogens with two attached hydrogens (primary N) is 1. The van der Waals surface area contributed by atoms with Gasteiger partial charge in [-0.05, 0) is 66.7 Å². The molecule has 0 unspecified atom stereocenters. The van der Waals surface area contributed by atoms with Gasteiger partial charge in [0.1, 0.15) is 12.4 Å². The number of nitrogen functional groups attached to an aromatic ring is 1. The van der Waals surface area contributed by atoms with E-state index in [9.17, 15) is 12.8 Å². The fraction of sp³-hybridized carbons (Fsp3) is 0.103. The van der Waals surface area contributed by atoms with Crippen LogP contribution in [0, 0.1) is 19.7 Å². The predicted molar refractivity (Wildman–Crippen MR) is 154 cm³/mol. The molecule has 4 N–H and O–H groups in total. The second-order valence-electron chi connectivity index (χ2n) is 8.92. The number of aryl methyl sites for hydroxylation is 1. The molecule has 0 saturated heterocycles. The normalized spacial score (nSPS) is 11.2. The van der Waals surface area contributed by atoms with E-state index in [1.165, 1.54) is 35.0 Å². The van der Waals surface area contributed by atoms with Gasteiger partial charge in [0.25, 0.3) is 21.8 Å². The molecule has 5 rings (SSSR count). The van der Waals surface area contributed by atoms with E-state index < -0.39 is 10.1 Å².